The highest BCUT2D eigenvalue weighted by Crippen LogP contribution is 2.32. The standard InChI is InChI=1S/C22H20N4O2S/c1-3-9-23-22-26(24-12-16-6-4-5-15(2)10-16)19(14-29-22)17-7-8-20-18(11-17)25-21(27)13-28-20/h3-8,10-12,14H,1,9,13H2,2H3,(H,25,27). The van der Waals surface area contributed by atoms with Crippen LogP contribution in [0.3, 0.4) is 0 Å². The first-order chi connectivity index (χ1) is 14.1. The number of hydrogen-bond donors (Lipinski definition) is 1. The first-order valence-corrected chi connectivity index (χ1v) is 10.0. The summed E-state index contributed by atoms with van der Waals surface area (Å²) in [6, 6.07) is 13.8. The molecule has 0 unspecified atom stereocenters. The third-order valence-corrected chi connectivity index (χ3v) is 5.17. The van der Waals surface area contributed by atoms with Crippen molar-refractivity contribution >= 4 is 29.1 Å². The van der Waals surface area contributed by atoms with Crippen LogP contribution in [0.5, 0.6) is 5.75 Å². The van der Waals surface area contributed by atoms with Crippen LogP contribution in [0, 0.1) is 6.92 Å². The Morgan fingerprint density at radius 2 is 2.21 bits per heavy atom. The maximum atomic E-state index is 11.7. The summed E-state index contributed by atoms with van der Waals surface area (Å²) in [4.78, 5) is 17.0. The fraction of sp³-hybridized carbons (Fsp3) is 0.136. The van der Waals surface area contributed by atoms with Gasteiger partial charge in [0.1, 0.15) is 5.75 Å². The molecule has 146 valence electrons. The van der Waals surface area contributed by atoms with Gasteiger partial charge in [0.05, 0.1) is 24.1 Å². The van der Waals surface area contributed by atoms with Crippen LogP contribution in [0.4, 0.5) is 5.69 Å². The predicted molar refractivity (Wildman–Crippen MR) is 117 cm³/mol. The minimum atomic E-state index is -0.160. The molecule has 0 aliphatic carbocycles. The highest BCUT2D eigenvalue weighted by Gasteiger charge is 2.17. The molecule has 2 heterocycles. The van der Waals surface area contributed by atoms with Gasteiger partial charge in [-0.1, -0.05) is 35.9 Å². The van der Waals surface area contributed by atoms with Crippen LogP contribution in [0.15, 0.2) is 70.6 Å². The minimum Gasteiger partial charge on any atom is -0.482 e. The summed E-state index contributed by atoms with van der Waals surface area (Å²) in [6.45, 7) is 6.33. The van der Waals surface area contributed by atoms with Crippen LogP contribution in [0.2, 0.25) is 0 Å². The van der Waals surface area contributed by atoms with Gasteiger partial charge in [-0.2, -0.15) is 5.10 Å². The molecule has 0 saturated heterocycles. The van der Waals surface area contributed by atoms with Gasteiger partial charge >= 0.3 is 0 Å². The third-order valence-electron chi connectivity index (χ3n) is 4.31. The molecule has 0 atom stereocenters. The first kappa shape index (κ1) is 18.9. The van der Waals surface area contributed by atoms with Crippen LogP contribution in [-0.2, 0) is 4.79 Å². The lowest BCUT2D eigenvalue weighted by Crippen LogP contribution is -2.25. The summed E-state index contributed by atoms with van der Waals surface area (Å²) in [5.41, 5.74) is 4.63. The highest BCUT2D eigenvalue weighted by molar-refractivity contribution is 7.07. The number of fused-ring (bicyclic) bond motifs is 1. The van der Waals surface area contributed by atoms with Gasteiger partial charge < -0.3 is 10.1 Å². The van der Waals surface area contributed by atoms with Gasteiger partial charge in [-0.05, 0) is 30.7 Å². The van der Waals surface area contributed by atoms with E-state index in [0.29, 0.717) is 18.0 Å². The van der Waals surface area contributed by atoms with E-state index in [0.717, 1.165) is 21.6 Å². The average molecular weight is 404 g/mol. The van der Waals surface area contributed by atoms with Crippen molar-refractivity contribution < 1.29 is 9.53 Å². The molecule has 1 aliphatic rings. The van der Waals surface area contributed by atoms with Crippen LogP contribution < -0.4 is 14.9 Å². The van der Waals surface area contributed by atoms with Gasteiger partial charge in [-0.15, -0.1) is 17.9 Å². The Morgan fingerprint density at radius 3 is 3.03 bits per heavy atom. The fourth-order valence-corrected chi connectivity index (χ4v) is 3.82. The average Bonchev–Trinajstić information content (AvgIpc) is 3.13. The molecule has 0 bridgehead atoms. The van der Waals surface area contributed by atoms with E-state index >= 15 is 0 Å². The van der Waals surface area contributed by atoms with Crippen molar-refractivity contribution in [3.8, 4) is 17.0 Å². The molecule has 7 heteroatoms. The second kappa shape index (κ2) is 8.28. The molecular weight excluding hydrogens is 384 g/mol. The number of carbonyl (C=O) groups is 1. The topological polar surface area (TPSA) is 68.0 Å². The van der Waals surface area contributed by atoms with Gasteiger partial charge in [0.15, 0.2) is 6.61 Å². The Bertz CT molecular complexity index is 1170. The van der Waals surface area contributed by atoms with Crippen LogP contribution in [-0.4, -0.2) is 29.9 Å². The quantitative estimate of drug-likeness (QED) is 0.519. The lowest BCUT2D eigenvalue weighted by atomic mass is 10.1. The Kier molecular flexibility index (Phi) is 5.39. The maximum absolute atomic E-state index is 11.7. The number of ether oxygens (including phenoxy) is 1. The number of carbonyl (C=O) groups excluding carboxylic acids is 1. The first-order valence-electron chi connectivity index (χ1n) is 9.14. The van der Waals surface area contributed by atoms with Gasteiger partial charge in [0.25, 0.3) is 5.91 Å². The van der Waals surface area contributed by atoms with Gasteiger partial charge in [0, 0.05) is 10.9 Å². The number of aromatic nitrogens is 1. The molecular formula is C22H20N4O2S. The van der Waals surface area contributed by atoms with Crippen molar-refractivity contribution in [2.75, 3.05) is 18.5 Å². The molecule has 3 aromatic rings. The molecule has 1 amide bonds. The number of amides is 1. The molecule has 1 aliphatic heterocycles. The maximum Gasteiger partial charge on any atom is 0.262 e. The molecule has 6 nitrogen and oxygen atoms in total. The normalized spacial score (nSPS) is 13.8. The van der Waals surface area contributed by atoms with E-state index in [2.05, 4.69) is 41.0 Å². The SMILES string of the molecule is C=CCN=c1scc(-c2ccc3c(c2)NC(=O)CO3)n1N=Cc1cccc(C)c1. The van der Waals surface area contributed by atoms with Crippen molar-refractivity contribution in [1.29, 1.82) is 0 Å². The number of thiazole rings is 1. The fourth-order valence-electron chi connectivity index (χ4n) is 2.98. The van der Waals surface area contributed by atoms with Crippen LogP contribution in [0.1, 0.15) is 11.1 Å². The Hall–Kier alpha value is -3.45. The van der Waals surface area contributed by atoms with E-state index in [1.54, 1.807) is 6.08 Å². The largest absolute Gasteiger partial charge is 0.482 e. The van der Waals surface area contributed by atoms with E-state index in [1.165, 1.54) is 16.9 Å². The van der Waals surface area contributed by atoms with Gasteiger partial charge in [-0.3, -0.25) is 9.79 Å². The van der Waals surface area contributed by atoms with Gasteiger partial charge in [0.2, 0.25) is 4.80 Å². The summed E-state index contributed by atoms with van der Waals surface area (Å²) in [5, 5.41) is 9.54. The van der Waals surface area contributed by atoms with E-state index in [1.807, 2.05) is 46.6 Å². The Balaban J connectivity index is 1.78. The van der Waals surface area contributed by atoms with Crippen LogP contribution in [0.25, 0.3) is 11.3 Å². The lowest BCUT2D eigenvalue weighted by molar-refractivity contribution is -0.118. The molecule has 4 rings (SSSR count). The van der Waals surface area contributed by atoms with E-state index in [4.69, 9.17) is 4.74 Å². The second-order valence-electron chi connectivity index (χ2n) is 6.55. The molecule has 0 saturated carbocycles. The lowest BCUT2D eigenvalue weighted by Gasteiger charge is -2.18. The van der Waals surface area contributed by atoms with E-state index in [9.17, 15) is 4.79 Å². The number of nitrogens with zero attached hydrogens (tertiary/aromatic N) is 3. The number of anilines is 1. The smallest absolute Gasteiger partial charge is 0.262 e. The van der Waals surface area contributed by atoms with Crippen molar-refractivity contribution in [2.45, 2.75) is 6.92 Å². The second-order valence-corrected chi connectivity index (χ2v) is 7.39. The molecule has 29 heavy (non-hydrogen) atoms. The third kappa shape index (κ3) is 4.20. The molecule has 2 aromatic carbocycles. The van der Waals surface area contributed by atoms with E-state index in [-0.39, 0.29) is 12.5 Å². The summed E-state index contributed by atoms with van der Waals surface area (Å²) >= 11 is 1.50. The summed E-state index contributed by atoms with van der Waals surface area (Å²) in [6.07, 6.45) is 3.57. The number of benzene rings is 2. The van der Waals surface area contributed by atoms with Crippen molar-refractivity contribution in [3.05, 3.63) is 76.4 Å². The molecule has 0 radical (unpaired) electrons. The van der Waals surface area contributed by atoms with Crippen LogP contribution >= 0.6 is 11.3 Å². The monoisotopic (exact) mass is 404 g/mol. The molecule has 1 aromatic heterocycles. The zero-order valence-electron chi connectivity index (χ0n) is 16.0. The summed E-state index contributed by atoms with van der Waals surface area (Å²) in [5.74, 6) is 0.502. The zero-order valence-corrected chi connectivity index (χ0v) is 16.8. The number of hydrogen-bond acceptors (Lipinski definition) is 5. The van der Waals surface area contributed by atoms with Crippen molar-refractivity contribution in [2.24, 2.45) is 10.1 Å². The molecule has 1 N–H and O–H groups in total. The van der Waals surface area contributed by atoms with Crippen molar-refractivity contribution in [1.82, 2.24) is 4.68 Å². The molecule has 0 fully saturated rings. The summed E-state index contributed by atoms with van der Waals surface area (Å²) in [7, 11) is 0. The van der Waals surface area contributed by atoms with Crippen molar-refractivity contribution in [3.63, 3.8) is 0 Å². The Labute approximate surface area is 172 Å². The Morgan fingerprint density at radius 1 is 1.31 bits per heavy atom. The van der Waals surface area contributed by atoms with Gasteiger partial charge in [-0.25, -0.2) is 4.68 Å². The summed E-state index contributed by atoms with van der Waals surface area (Å²) < 4.78 is 7.27. The number of rotatable bonds is 5. The predicted octanol–water partition coefficient (Wildman–Crippen LogP) is 3.82. The number of aryl methyl sites for hydroxylation is 1. The zero-order chi connectivity index (χ0) is 20.2. The minimum absolute atomic E-state index is 0.0379. The number of nitrogens with one attached hydrogen (secondary N) is 1. The molecule has 0 spiro atoms. The van der Waals surface area contributed by atoms with E-state index < -0.39 is 0 Å². The highest BCUT2D eigenvalue weighted by atomic mass is 32.1.